The van der Waals surface area contributed by atoms with E-state index in [1.807, 2.05) is 5.43 Å². The number of nitrogens with one attached hydrogen (secondary N) is 2. The van der Waals surface area contributed by atoms with E-state index in [4.69, 9.17) is 5.84 Å². The van der Waals surface area contributed by atoms with Gasteiger partial charge in [0.1, 0.15) is 10.9 Å². The molecule has 0 aromatic carbocycles. The van der Waals surface area contributed by atoms with E-state index in [1.54, 1.807) is 6.92 Å². The van der Waals surface area contributed by atoms with Crippen LogP contribution >= 0.6 is 11.8 Å². The molecule has 0 saturated carbocycles. The molecule has 0 unspecified atom stereocenters. The van der Waals surface area contributed by atoms with Gasteiger partial charge in [0.25, 0.3) is 0 Å². The smallest absolute Gasteiger partial charge is 0.214 e. The highest BCUT2D eigenvalue weighted by Gasteiger charge is 2.14. The van der Waals surface area contributed by atoms with Crippen molar-refractivity contribution < 1.29 is 8.78 Å². The van der Waals surface area contributed by atoms with Crippen molar-refractivity contribution in [3.05, 3.63) is 23.5 Å². The number of H-pyrrole nitrogens is 1. The van der Waals surface area contributed by atoms with Crippen molar-refractivity contribution in [1.29, 1.82) is 0 Å². The molecule has 6 nitrogen and oxygen atoms in total. The third kappa shape index (κ3) is 2.50. The van der Waals surface area contributed by atoms with E-state index in [2.05, 4.69) is 20.2 Å². The molecule has 17 heavy (non-hydrogen) atoms. The summed E-state index contributed by atoms with van der Waals surface area (Å²) in [6, 6.07) is 0.698. The lowest BCUT2D eigenvalue weighted by Crippen LogP contribution is -2.11. The Kier molecular flexibility index (Phi) is 3.20. The highest BCUT2D eigenvalue weighted by molar-refractivity contribution is 7.99. The van der Waals surface area contributed by atoms with Gasteiger partial charge in [0.05, 0.1) is 0 Å². The number of aromatic amines is 1. The van der Waals surface area contributed by atoms with Gasteiger partial charge in [0.2, 0.25) is 5.16 Å². The van der Waals surface area contributed by atoms with Gasteiger partial charge in [0.15, 0.2) is 17.5 Å². The highest BCUT2D eigenvalue weighted by Crippen LogP contribution is 2.27. The number of hydrogen-bond donors (Lipinski definition) is 3. The Morgan fingerprint density at radius 1 is 1.35 bits per heavy atom. The topological polar surface area (TPSA) is 92.5 Å². The van der Waals surface area contributed by atoms with Crippen LogP contribution in [-0.4, -0.2) is 20.2 Å². The van der Waals surface area contributed by atoms with E-state index >= 15 is 0 Å². The normalized spacial score (nSPS) is 10.6. The number of halogens is 2. The lowest BCUT2D eigenvalue weighted by Gasteiger charge is -2.04. The number of nitrogens with two attached hydrogens (primary N) is 1. The average molecular weight is 258 g/mol. The van der Waals surface area contributed by atoms with Crippen molar-refractivity contribution in [2.24, 2.45) is 5.84 Å². The highest BCUT2D eigenvalue weighted by atomic mass is 32.2. The number of hydrogen-bond acceptors (Lipinski definition) is 6. The van der Waals surface area contributed by atoms with Crippen molar-refractivity contribution in [2.75, 3.05) is 5.43 Å². The fourth-order valence-electron chi connectivity index (χ4n) is 1.08. The summed E-state index contributed by atoms with van der Waals surface area (Å²) in [5.41, 5.74) is 2.04. The molecule has 0 amide bonds. The first kappa shape index (κ1) is 11.7. The molecule has 90 valence electrons. The lowest BCUT2D eigenvalue weighted by molar-refractivity contribution is 0.551. The summed E-state index contributed by atoms with van der Waals surface area (Å²) in [4.78, 5) is 7.65. The zero-order valence-corrected chi connectivity index (χ0v) is 9.48. The quantitative estimate of drug-likeness (QED) is 0.566. The molecule has 4 N–H and O–H groups in total. The molecule has 0 aliphatic rings. The molecule has 2 heterocycles. The summed E-state index contributed by atoms with van der Waals surface area (Å²) in [6.07, 6.45) is 0. The van der Waals surface area contributed by atoms with Crippen LogP contribution in [-0.2, 0) is 0 Å². The summed E-state index contributed by atoms with van der Waals surface area (Å²) in [5, 5.41) is 6.64. The van der Waals surface area contributed by atoms with E-state index in [0.29, 0.717) is 17.0 Å². The molecule has 0 radical (unpaired) electrons. The van der Waals surface area contributed by atoms with E-state index in [1.165, 1.54) is 0 Å². The molecule has 9 heteroatoms. The van der Waals surface area contributed by atoms with Crippen LogP contribution < -0.4 is 11.3 Å². The number of aryl methyl sites for hydroxylation is 1. The first-order valence-corrected chi connectivity index (χ1v) is 5.31. The molecule has 2 rings (SSSR count). The minimum Gasteiger partial charge on any atom is -0.306 e. The van der Waals surface area contributed by atoms with Crippen LogP contribution in [0.4, 0.5) is 14.6 Å². The molecule has 2 aromatic heterocycles. The second kappa shape index (κ2) is 4.63. The van der Waals surface area contributed by atoms with Gasteiger partial charge in [-0.25, -0.2) is 24.6 Å². The van der Waals surface area contributed by atoms with Gasteiger partial charge in [-0.05, 0) is 18.7 Å². The summed E-state index contributed by atoms with van der Waals surface area (Å²) in [5.74, 6) is 3.74. The third-order valence-electron chi connectivity index (χ3n) is 1.80. The zero-order chi connectivity index (χ0) is 12.4. The van der Waals surface area contributed by atoms with Crippen LogP contribution in [0.3, 0.4) is 0 Å². The minimum absolute atomic E-state index is 0.0571. The summed E-state index contributed by atoms with van der Waals surface area (Å²) >= 11 is 0.871. The molecule has 0 spiro atoms. The summed E-state index contributed by atoms with van der Waals surface area (Å²) in [6.45, 7) is 1.71. The monoisotopic (exact) mass is 258 g/mol. The van der Waals surface area contributed by atoms with Crippen LogP contribution in [0.25, 0.3) is 0 Å². The van der Waals surface area contributed by atoms with Crippen LogP contribution in [0.2, 0.25) is 0 Å². The fraction of sp³-hybridized carbons (Fsp3) is 0.125. The maximum Gasteiger partial charge on any atom is 0.214 e. The number of hydrazine groups is 1. The van der Waals surface area contributed by atoms with Gasteiger partial charge < -0.3 is 5.43 Å². The second-order valence-corrected chi connectivity index (χ2v) is 4.01. The average Bonchev–Trinajstić information content (AvgIpc) is 2.68. The third-order valence-corrected chi connectivity index (χ3v) is 2.64. The summed E-state index contributed by atoms with van der Waals surface area (Å²) in [7, 11) is 0. The molecule has 0 atom stereocenters. The second-order valence-electron chi connectivity index (χ2n) is 3.06. The molecular formula is C8H8F2N6S. The predicted molar refractivity (Wildman–Crippen MR) is 57.2 cm³/mol. The van der Waals surface area contributed by atoms with Crippen molar-refractivity contribution in [3.8, 4) is 0 Å². The molecule has 0 saturated heterocycles. The Morgan fingerprint density at radius 3 is 2.71 bits per heavy atom. The van der Waals surface area contributed by atoms with E-state index in [9.17, 15) is 8.78 Å². The SMILES string of the molecule is Cc1nc(Sc2nc(NN)c(F)cc2F)n[nH]1. The van der Waals surface area contributed by atoms with Gasteiger partial charge in [-0.1, -0.05) is 0 Å². The molecule has 0 fully saturated rings. The van der Waals surface area contributed by atoms with Crippen LogP contribution in [0.15, 0.2) is 16.2 Å². The minimum atomic E-state index is -0.861. The number of nitrogens with zero attached hydrogens (tertiary/aromatic N) is 3. The number of rotatable bonds is 3. The van der Waals surface area contributed by atoms with Crippen molar-refractivity contribution in [1.82, 2.24) is 20.2 Å². The van der Waals surface area contributed by atoms with Crippen LogP contribution in [0.5, 0.6) is 0 Å². The predicted octanol–water partition coefficient (Wildman–Crippen LogP) is 1.22. The zero-order valence-electron chi connectivity index (χ0n) is 8.66. The van der Waals surface area contributed by atoms with E-state index < -0.39 is 11.6 Å². The van der Waals surface area contributed by atoms with Crippen molar-refractivity contribution in [3.63, 3.8) is 0 Å². The molecular weight excluding hydrogens is 250 g/mol. The molecule has 0 aliphatic carbocycles. The standard InChI is InChI=1S/C8H8F2N6S/c1-3-12-8(16-15-3)17-7-5(10)2-4(9)6(13-7)14-11/h2H,11H2,1H3,(H,13,14)(H,12,15,16). The Hall–Kier alpha value is -1.74. The Bertz CT molecular complexity index is 543. The maximum absolute atomic E-state index is 13.4. The van der Waals surface area contributed by atoms with E-state index in [0.717, 1.165) is 11.8 Å². The largest absolute Gasteiger partial charge is 0.306 e. The molecule has 2 aromatic rings. The fourth-order valence-corrected chi connectivity index (χ4v) is 1.82. The number of nitrogen functional groups attached to an aromatic ring is 1. The first-order valence-electron chi connectivity index (χ1n) is 4.49. The van der Waals surface area contributed by atoms with E-state index in [-0.39, 0.29) is 10.8 Å². The van der Waals surface area contributed by atoms with Crippen LogP contribution in [0.1, 0.15) is 5.82 Å². The number of pyridine rings is 1. The van der Waals surface area contributed by atoms with Crippen molar-refractivity contribution >= 4 is 17.6 Å². The number of aromatic nitrogens is 4. The maximum atomic E-state index is 13.4. The van der Waals surface area contributed by atoms with Gasteiger partial charge in [-0.15, -0.1) is 5.10 Å². The molecule has 0 bridgehead atoms. The van der Waals surface area contributed by atoms with Crippen molar-refractivity contribution in [2.45, 2.75) is 17.1 Å². The van der Waals surface area contributed by atoms with Gasteiger partial charge in [0, 0.05) is 6.07 Å². The van der Waals surface area contributed by atoms with Crippen LogP contribution in [0, 0.1) is 18.6 Å². The van der Waals surface area contributed by atoms with Gasteiger partial charge in [-0.2, -0.15) is 0 Å². The summed E-state index contributed by atoms with van der Waals surface area (Å²) < 4.78 is 26.5. The Morgan fingerprint density at radius 2 is 2.12 bits per heavy atom. The lowest BCUT2D eigenvalue weighted by atomic mass is 10.4. The van der Waals surface area contributed by atoms with Gasteiger partial charge >= 0.3 is 0 Å². The molecule has 0 aliphatic heterocycles. The Balaban J connectivity index is 2.32. The van der Waals surface area contributed by atoms with Gasteiger partial charge in [-0.3, -0.25) is 5.10 Å². The Labute approximate surface area is 99.0 Å². The first-order chi connectivity index (χ1) is 8.10. The number of anilines is 1.